The highest BCUT2D eigenvalue weighted by molar-refractivity contribution is 6.05. The Labute approximate surface area is 193 Å². The smallest absolute Gasteiger partial charge is 0.255 e. The minimum atomic E-state index is -0.597. The molecule has 1 aromatic heterocycles. The fraction of sp³-hybridized carbons (Fsp3) is 0.480. The number of fused-ring (bicyclic) bond motifs is 1. The molecular formula is C25H30N4O4. The van der Waals surface area contributed by atoms with Crippen molar-refractivity contribution in [3.05, 3.63) is 47.2 Å². The zero-order valence-electron chi connectivity index (χ0n) is 19.2. The molecule has 3 heterocycles. The SMILES string of the molecule is COC1CCCCC1.Cc1ccc(-c2ccc3c(c2)CN(C2CCC(=O)NC2=O)C3=O)nn1. The van der Waals surface area contributed by atoms with Crippen LogP contribution in [0.4, 0.5) is 0 Å². The molecule has 1 saturated heterocycles. The van der Waals surface area contributed by atoms with E-state index in [4.69, 9.17) is 4.74 Å². The van der Waals surface area contributed by atoms with Gasteiger partial charge in [0.05, 0.1) is 17.5 Å². The standard InChI is InChI=1S/C18H16N4O3.C7H14O/c1-10-2-5-14(21-20-10)11-3-4-13-12(8-11)9-22(18(13)25)15-6-7-16(23)19-17(15)24;1-8-7-5-3-2-4-6-7/h2-5,8,15H,6-7,9H2,1H3,(H,19,23,24);7H,2-6H2,1H3. The number of nitrogens with zero attached hydrogens (tertiary/aromatic N) is 3. The first-order valence-corrected chi connectivity index (χ1v) is 11.6. The number of carbonyl (C=O) groups excluding carboxylic acids is 3. The quantitative estimate of drug-likeness (QED) is 0.721. The van der Waals surface area contributed by atoms with Crippen LogP contribution in [-0.4, -0.2) is 52.1 Å². The maximum Gasteiger partial charge on any atom is 0.255 e. The normalized spacial score (nSPS) is 20.7. The number of amides is 3. The number of carbonyl (C=O) groups is 3. The van der Waals surface area contributed by atoms with Crippen LogP contribution >= 0.6 is 0 Å². The molecule has 0 spiro atoms. The molecular weight excluding hydrogens is 420 g/mol. The molecule has 1 saturated carbocycles. The van der Waals surface area contributed by atoms with Gasteiger partial charge in [0.15, 0.2) is 0 Å². The lowest BCUT2D eigenvalue weighted by Crippen LogP contribution is -2.52. The van der Waals surface area contributed by atoms with Crippen molar-refractivity contribution >= 4 is 17.7 Å². The fourth-order valence-electron chi connectivity index (χ4n) is 4.59. The van der Waals surface area contributed by atoms with Crippen molar-refractivity contribution < 1.29 is 19.1 Å². The average molecular weight is 451 g/mol. The Bertz CT molecular complexity index is 1030. The molecule has 3 aliphatic rings. The first-order chi connectivity index (χ1) is 16.0. The summed E-state index contributed by atoms with van der Waals surface area (Å²) in [7, 11) is 1.82. The number of nitrogens with one attached hydrogen (secondary N) is 1. The van der Waals surface area contributed by atoms with Gasteiger partial charge in [-0.1, -0.05) is 25.3 Å². The van der Waals surface area contributed by atoms with Crippen LogP contribution in [0.5, 0.6) is 0 Å². The summed E-state index contributed by atoms with van der Waals surface area (Å²) in [5.41, 5.74) is 3.90. The molecule has 1 atom stereocenters. The minimum Gasteiger partial charge on any atom is -0.381 e. The Hall–Kier alpha value is -3.13. The number of methoxy groups -OCH3 is 1. The van der Waals surface area contributed by atoms with Crippen LogP contribution in [0.1, 0.15) is 66.6 Å². The van der Waals surface area contributed by atoms with E-state index < -0.39 is 11.9 Å². The molecule has 2 aromatic rings. The molecule has 2 fully saturated rings. The van der Waals surface area contributed by atoms with E-state index in [0.29, 0.717) is 24.6 Å². The number of imide groups is 1. The third kappa shape index (κ3) is 5.27. The van der Waals surface area contributed by atoms with E-state index in [0.717, 1.165) is 22.5 Å². The van der Waals surface area contributed by atoms with E-state index in [1.54, 1.807) is 6.07 Å². The third-order valence-electron chi connectivity index (χ3n) is 6.50. The van der Waals surface area contributed by atoms with Crippen molar-refractivity contribution in [3.8, 4) is 11.3 Å². The van der Waals surface area contributed by atoms with Crippen LogP contribution in [0.15, 0.2) is 30.3 Å². The number of piperidine rings is 1. The maximum absolute atomic E-state index is 12.6. The number of aryl methyl sites for hydroxylation is 1. The summed E-state index contributed by atoms with van der Waals surface area (Å²) in [4.78, 5) is 37.6. The van der Waals surface area contributed by atoms with Crippen molar-refractivity contribution in [1.29, 1.82) is 0 Å². The molecule has 174 valence electrons. The van der Waals surface area contributed by atoms with Gasteiger partial charge in [-0.15, -0.1) is 0 Å². The number of rotatable bonds is 3. The monoisotopic (exact) mass is 450 g/mol. The van der Waals surface area contributed by atoms with Crippen LogP contribution in [0.2, 0.25) is 0 Å². The van der Waals surface area contributed by atoms with Crippen molar-refractivity contribution in [2.75, 3.05) is 7.11 Å². The lowest BCUT2D eigenvalue weighted by molar-refractivity contribution is -0.136. The molecule has 3 amide bonds. The van der Waals surface area contributed by atoms with Gasteiger partial charge in [0.25, 0.3) is 5.91 Å². The first-order valence-electron chi connectivity index (χ1n) is 11.6. The second kappa shape index (κ2) is 10.2. The lowest BCUT2D eigenvalue weighted by Gasteiger charge is -2.29. The molecule has 1 aliphatic carbocycles. The molecule has 8 nitrogen and oxygen atoms in total. The Morgan fingerprint density at radius 2 is 1.79 bits per heavy atom. The highest BCUT2D eigenvalue weighted by atomic mass is 16.5. The van der Waals surface area contributed by atoms with Crippen molar-refractivity contribution in [3.63, 3.8) is 0 Å². The molecule has 0 bridgehead atoms. The molecule has 2 aliphatic heterocycles. The fourth-order valence-corrected chi connectivity index (χ4v) is 4.59. The first kappa shape index (κ1) is 23.0. The molecule has 1 unspecified atom stereocenters. The molecule has 1 aromatic carbocycles. The van der Waals surface area contributed by atoms with E-state index in [2.05, 4.69) is 15.5 Å². The Balaban J connectivity index is 0.000000275. The van der Waals surface area contributed by atoms with Gasteiger partial charge < -0.3 is 9.64 Å². The summed E-state index contributed by atoms with van der Waals surface area (Å²) in [5.74, 6) is -0.862. The molecule has 1 N–H and O–H groups in total. The highest BCUT2D eigenvalue weighted by Crippen LogP contribution is 2.30. The van der Waals surface area contributed by atoms with Crippen molar-refractivity contribution in [2.45, 2.75) is 70.6 Å². The van der Waals surface area contributed by atoms with E-state index in [9.17, 15) is 14.4 Å². The molecule has 33 heavy (non-hydrogen) atoms. The number of hydrogen-bond acceptors (Lipinski definition) is 6. The topological polar surface area (TPSA) is 101 Å². The van der Waals surface area contributed by atoms with Crippen LogP contribution < -0.4 is 5.32 Å². The van der Waals surface area contributed by atoms with Gasteiger partial charge in [0.1, 0.15) is 6.04 Å². The van der Waals surface area contributed by atoms with Gasteiger partial charge in [0.2, 0.25) is 11.8 Å². The minimum absolute atomic E-state index is 0.175. The average Bonchev–Trinajstić information content (AvgIpc) is 3.16. The maximum atomic E-state index is 12.6. The molecule has 0 radical (unpaired) electrons. The number of hydrogen-bond donors (Lipinski definition) is 1. The summed E-state index contributed by atoms with van der Waals surface area (Å²) in [6, 6.07) is 8.69. The van der Waals surface area contributed by atoms with E-state index in [1.165, 1.54) is 37.0 Å². The van der Waals surface area contributed by atoms with Gasteiger partial charge >= 0.3 is 0 Å². The zero-order valence-corrected chi connectivity index (χ0v) is 19.2. The summed E-state index contributed by atoms with van der Waals surface area (Å²) in [5, 5.41) is 10.5. The van der Waals surface area contributed by atoms with E-state index in [1.807, 2.05) is 38.3 Å². The number of benzene rings is 1. The lowest BCUT2D eigenvalue weighted by atomic mass is 9.98. The van der Waals surface area contributed by atoms with E-state index in [-0.39, 0.29) is 18.2 Å². The predicted octanol–water partition coefficient (Wildman–Crippen LogP) is 3.18. The largest absolute Gasteiger partial charge is 0.381 e. The Morgan fingerprint density at radius 3 is 2.42 bits per heavy atom. The highest BCUT2D eigenvalue weighted by Gasteiger charge is 2.39. The van der Waals surface area contributed by atoms with E-state index >= 15 is 0 Å². The van der Waals surface area contributed by atoms with Crippen molar-refractivity contribution in [2.24, 2.45) is 0 Å². The second-order valence-electron chi connectivity index (χ2n) is 8.83. The van der Waals surface area contributed by atoms with Crippen molar-refractivity contribution in [1.82, 2.24) is 20.4 Å². The summed E-state index contributed by atoms with van der Waals surface area (Å²) >= 11 is 0. The number of ether oxygens (including phenoxy) is 1. The zero-order chi connectivity index (χ0) is 23.4. The van der Waals surface area contributed by atoms with Gasteiger partial charge in [-0.2, -0.15) is 10.2 Å². The third-order valence-corrected chi connectivity index (χ3v) is 6.50. The summed E-state index contributed by atoms with van der Waals surface area (Å²) in [6.45, 7) is 2.23. The second-order valence-corrected chi connectivity index (χ2v) is 8.83. The molecule has 5 rings (SSSR count). The summed E-state index contributed by atoms with van der Waals surface area (Å²) < 4.78 is 5.19. The van der Waals surface area contributed by atoms with Crippen LogP contribution in [0.3, 0.4) is 0 Å². The van der Waals surface area contributed by atoms with Gasteiger partial charge in [-0.05, 0) is 56.0 Å². The van der Waals surface area contributed by atoms with Gasteiger partial charge in [-0.25, -0.2) is 0 Å². The Morgan fingerprint density at radius 1 is 1.00 bits per heavy atom. The van der Waals surface area contributed by atoms with Crippen LogP contribution in [0.25, 0.3) is 11.3 Å². The van der Waals surface area contributed by atoms with Gasteiger partial charge in [-0.3, -0.25) is 19.7 Å². The van der Waals surface area contributed by atoms with Gasteiger partial charge in [0, 0.05) is 31.2 Å². The molecule has 8 heteroatoms. The number of aromatic nitrogens is 2. The Kier molecular flexibility index (Phi) is 7.13. The predicted molar refractivity (Wildman–Crippen MR) is 122 cm³/mol. The van der Waals surface area contributed by atoms with Crippen LogP contribution in [-0.2, 0) is 20.9 Å². The van der Waals surface area contributed by atoms with Crippen LogP contribution in [0, 0.1) is 6.92 Å². The summed E-state index contributed by atoms with van der Waals surface area (Å²) in [6.07, 6.45) is 7.94.